The molecule has 2 aliphatic rings. The van der Waals surface area contributed by atoms with Crippen LogP contribution in [0.1, 0.15) is 77.0 Å². The van der Waals surface area contributed by atoms with E-state index in [0.29, 0.717) is 10.9 Å². The van der Waals surface area contributed by atoms with Gasteiger partial charge in [-0.2, -0.15) is 0 Å². The van der Waals surface area contributed by atoms with Gasteiger partial charge in [-0.3, -0.25) is 4.79 Å². The molecule has 3 heteroatoms. The molecule has 110 valence electrons. The molecule has 1 N–H and O–H groups in total. The van der Waals surface area contributed by atoms with Crippen LogP contribution >= 0.6 is 15.9 Å². The first kappa shape index (κ1) is 15.3. The predicted octanol–water partition coefficient (Wildman–Crippen LogP) is 4.56. The highest BCUT2D eigenvalue weighted by atomic mass is 79.9. The first-order valence-electron chi connectivity index (χ1n) is 8.19. The Morgan fingerprint density at radius 2 is 1.58 bits per heavy atom. The summed E-state index contributed by atoms with van der Waals surface area (Å²) >= 11 is 3.75. The van der Waals surface area contributed by atoms with E-state index in [1.165, 1.54) is 57.8 Å². The molecule has 19 heavy (non-hydrogen) atoms. The van der Waals surface area contributed by atoms with Gasteiger partial charge in [0.15, 0.2) is 0 Å². The van der Waals surface area contributed by atoms with Crippen LogP contribution in [-0.2, 0) is 4.79 Å². The van der Waals surface area contributed by atoms with Gasteiger partial charge in [-0.05, 0) is 25.2 Å². The lowest BCUT2D eigenvalue weighted by Crippen LogP contribution is -2.40. The molecule has 2 nitrogen and oxygen atoms in total. The summed E-state index contributed by atoms with van der Waals surface area (Å²) in [5.74, 6) is 1.09. The van der Waals surface area contributed by atoms with E-state index < -0.39 is 0 Å². The van der Waals surface area contributed by atoms with Crippen molar-refractivity contribution in [3.63, 3.8) is 0 Å². The number of hydrogen-bond donors (Lipinski definition) is 1. The number of hydrogen-bond acceptors (Lipinski definition) is 1. The minimum absolute atomic E-state index is 0.280. The summed E-state index contributed by atoms with van der Waals surface area (Å²) in [5, 5.41) is 3.26. The number of carbonyl (C=O) groups is 1. The third-order valence-electron chi connectivity index (χ3n) is 4.78. The van der Waals surface area contributed by atoms with E-state index in [1.54, 1.807) is 0 Å². The number of amides is 1. The first-order valence-corrected chi connectivity index (χ1v) is 9.10. The van der Waals surface area contributed by atoms with Crippen molar-refractivity contribution in [3.8, 4) is 0 Å². The van der Waals surface area contributed by atoms with E-state index in [-0.39, 0.29) is 5.91 Å². The molecule has 0 spiro atoms. The molecule has 2 aliphatic carbocycles. The normalized spacial score (nSPS) is 29.7. The second kappa shape index (κ2) is 8.28. The van der Waals surface area contributed by atoms with Crippen LogP contribution in [0, 0.1) is 5.92 Å². The number of rotatable bonds is 4. The third kappa shape index (κ3) is 5.45. The molecule has 0 radical (unpaired) electrons. The minimum Gasteiger partial charge on any atom is -0.352 e. The zero-order valence-corrected chi connectivity index (χ0v) is 13.6. The number of carbonyl (C=O) groups excluding carboxylic acids is 1. The summed E-state index contributed by atoms with van der Waals surface area (Å²) in [4.78, 5) is 12.6. The molecule has 0 heterocycles. The molecular formula is C16H28BrNO. The summed E-state index contributed by atoms with van der Waals surface area (Å²) < 4.78 is 0. The second-order valence-corrected chi connectivity index (χ2v) is 7.55. The Morgan fingerprint density at radius 1 is 0.947 bits per heavy atom. The summed E-state index contributed by atoms with van der Waals surface area (Å²) in [6, 6.07) is 0.362. The van der Waals surface area contributed by atoms with Crippen LogP contribution < -0.4 is 5.32 Å². The number of alkyl halides is 1. The van der Waals surface area contributed by atoms with Crippen molar-refractivity contribution < 1.29 is 4.79 Å². The monoisotopic (exact) mass is 329 g/mol. The largest absolute Gasteiger partial charge is 0.352 e. The summed E-state index contributed by atoms with van der Waals surface area (Å²) in [6.07, 6.45) is 14.9. The maximum atomic E-state index is 12.1. The molecule has 0 aromatic heterocycles. The van der Waals surface area contributed by atoms with E-state index in [4.69, 9.17) is 0 Å². The third-order valence-corrected chi connectivity index (χ3v) is 5.88. The molecule has 2 unspecified atom stereocenters. The van der Waals surface area contributed by atoms with Gasteiger partial charge in [0.2, 0.25) is 5.91 Å². The fourth-order valence-electron chi connectivity index (χ4n) is 3.51. The van der Waals surface area contributed by atoms with Gasteiger partial charge < -0.3 is 5.32 Å². The maximum Gasteiger partial charge on any atom is 0.220 e. The highest BCUT2D eigenvalue weighted by molar-refractivity contribution is 9.09. The fraction of sp³-hybridized carbons (Fsp3) is 0.938. The lowest BCUT2D eigenvalue weighted by Gasteiger charge is -2.23. The van der Waals surface area contributed by atoms with E-state index >= 15 is 0 Å². The van der Waals surface area contributed by atoms with Crippen molar-refractivity contribution in [1.29, 1.82) is 0 Å². The molecule has 2 atom stereocenters. The Hall–Kier alpha value is -0.0500. The number of halogens is 1. The lowest BCUT2D eigenvalue weighted by atomic mass is 9.86. The highest BCUT2D eigenvalue weighted by Crippen LogP contribution is 2.27. The Balaban J connectivity index is 1.67. The molecule has 1 amide bonds. The van der Waals surface area contributed by atoms with Crippen LogP contribution in [0.2, 0.25) is 0 Å². The van der Waals surface area contributed by atoms with Crippen molar-refractivity contribution >= 4 is 21.8 Å². The van der Waals surface area contributed by atoms with Gasteiger partial charge in [-0.15, -0.1) is 0 Å². The predicted molar refractivity (Wildman–Crippen MR) is 83.5 cm³/mol. The van der Waals surface area contributed by atoms with Gasteiger partial charge in [0.05, 0.1) is 0 Å². The van der Waals surface area contributed by atoms with Crippen molar-refractivity contribution in [1.82, 2.24) is 5.32 Å². The maximum absolute atomic E-state index is 12.1. The smallest absolute Gasteiger partial charge is 0.220 e. The average Bonchev–Trinajstić information content (AvgIpc) is 2.63. The van der Waals surface area contributed by atoms with Crippen molar-refractivity contribution in [3.05, 3.63) is 0 Å². The van der Waals surface area contributed by atoms with E-state index in [1.807, 2.05) is 0 Å². The van der Waals surface area contributed by atoms with Crippen LogP contribution in [0.25, 0.3) is 0 Å². The first-order chi connectivity index (χ1) is 9.25. The Kier molecular flexibility index (Phi) is 6.69. The molecule has 2 saturated carbocycles. The zero-order valence-electron chi connectivity index (χ0n) is 12.0. The zero-order chi connectivity index (χ0) is 13.5. The molecule has 2 rings (SSSR count). The summed E-state index contributed by atoms with van der Waals surface area (Å²) in [5.41, 5.74) is 0. The Labute approximate surface area is 126 Å². The highest BCUT2D eigenvalue weighted by Gasteiger charge is 2.23. The van der Waals surface area contributed by atoms with Gasteiger partial charge in [-0.25, -0.2) is 0 Å². The average molecular weight is 330 g/mol. The molecule has 0 aliphatic heterocycles. The van der Waals surface area contributed by atoms with Gasteiger partial charge in [-0.1, -0.05) is 67.3 Å². The van der Waals surface area contributed by atoms with Crippen LogP contribution in [0.3, 0.4) is 0 Å². The second-order valence-electron chi connectivity index (χ2n) is 6.37. The minimum atomic E-state index is 0.280. The molecule has 2 fully saturated rings. The van der Waals surface area contributed by atoms with E-state index in [9.17, 15) is 4.79 Å². The molecule has 0 bridgehead atoms. The van der Waals surface area contributed by atoms with Gasteiger partial charge >= 0.3 is 0 Å². The standard InChI is InChI=1S/C16H28BrNO/c17-14-9-5-2-6-10-15(14)18-16(19)12-11-13-7-3-1-4-8-13/h13-15H,1-12H2,(H,18,19). The molecule has 0 saturated heterocycles. The van der Waals surface area contributed by atoms with Crippen LogP contribution in [0.4, 0.5) is 0 Å². The quantitative estimate of drug-likeness (QED) is 0.594. The van der Waals surface area contributed by atoms with Gasteiger partial charge in [0.1, 0.15) is 0 Å². The molecule has 0 aromatic rings. The summed E-state index contributed by atoms with van der Waals surface area (Å²) in [7, 11) is 0. The SMILES string of the molecule is O=C(CCC1CCCCC1)NC1CCCCCC1Br. The van der Waals surface area contributed by atoms with Crippen molar-refractivity contribution in [2.24, 2.45) is 5.92 Å². The van der Waals surface area contributed by atoms with Crippen molar-refractivity contribution in [2.75, 3.05) is 0 Å². The topological polar surface area (TPSA) is 29.1 Å². The molecule has 0 aromatic carbocycles. The van der Waals surface area contributed by atoms with E-state index in [0.717, 1.165) is 25.2 Å². The summed E-state index contributed by atoms with van der Waals surface area (Å²) in [6.45, 7) is 0. The van der Waals surface area contributed by atoms with Gasteiger partial charge in [0.25, 0.3) is 0 Å². The van der Waals surface area contributed by atoms with Crippen molar-refractivity contribution in [2.45, 2.75) is 87.9 Å². The number of nitrogens with one attached hydrogen (secondary N) is 1. The fourth-order valence-corrected chi connectivity index (χ4v) is 4.24. The Morgan fingerprint density at radius 3 is 2.32 bits per heavy atom. The van der Waals surface area contributed by atoms with Crippen LogP contribution in [0.5, 0.6) is 0 Å². The lowest BCUT2D eigenvalue weighted by molar-refractivity contribution is -0.122. The Bertz CT molecular complexity index is 276. The van der Waals surface area contributed by atoms with Gasteiger partial charge in [0, 0.05) is 17.3 Å². The van der Waals surface area contributed by atoms with Crippen LogP contribution in [0.15, 0.2) is 0 Å². The van der Waals surface area contributed by atoms with Crippen LogP contribution in [-0.4, -0.2) is 16.8 Å². The molecular weight excluding hydrogens is 302 g/mol. The van der Waals surface area contributed by atoms with E-state index in [2.05, 4.69) is 21.2 Å².